The maximum atomic E-state index is 11.1. The zero-order chi connectivity index (χ0) is 9.84. The molecule has 0 radical (unpaired) electrons. The van der Waals surface area contributed by atoms with Crippen LogP contribution in [0.4, 0.5) is 0 Å². The molecule has 4 nitrogen and oxygen atoms in total. The van der Waals surface area contributed by atoms with Crippen LogP contribution >= 0.6 is 0 Å². The summed E-state index contributed by atoms with van der Waals surface area (Å²) in [5.41, 5.74) is 0. The molecule has 2 atom stereocenters. The summed E-state index contributed by atoms with van der Waals surface area (Å²) < 4.78 is 4.85. The van der Waals surface area contributed by atoms with Crippen molar-refractivity contribution in [2.75, 3.05) is 20.2 Å². The number of aliphatic hydroxyl groups excluding tert-OH is 1. The van der Waals surface area contributed by atoms with E-state index in [4.69, 9.17) is 9.84 Å². The normalized spacial score (nSPS) is 24.9. The number of cyclic esters (lactones) is 1. The number of hydrogen-bond acceptors (Lipinski definition) is 4. The molecule has 0 saturated carbocycles. The second-order valence-corrected chi connectivity index (χ2v) is 3.59. The molecule has 1 heterocycles. The Morgan fingerprint density at radius 1 is 1.77 bits per heavy atom. The van der Waals surface area contributed by atoms with Gasteiger partial charge in [0, 0.05) is 13.0 Å². The van der Waals surface area contributed by atoms with Gasteiger partial charge in [-0.2, -0.15) is 0 Å². The van der Waals surface area contributed by atoms with Crippen LogP contribution in [0.25, 0.3) is 0 Å². The molecule has 0 spiro atoms. The monoisotopic (exact) mass is 187 g/mol. The lowest BCUT2D eigenvalue weighted by atomic mass is 10.2. The largest absolute Gasteiger partial charge is 0.464 e. The summed E-state index contributed by atoms with van der Waals surface area (Å²) >= 11 is 0. The van der Waals surface area contributed by atoms with Crippen molar-refractivity contribution in [3.63, 3.8) is 0 Å². The van der Waals surface area contributed by atoms with Crippen LogP contribution in [-0.4, -0.2) is 48.3 Å². The average Bonchev–Trinajstić information content (AvgIpc) is 2.47. The Morgan fingerprint density at radius 3 is 2.92 bits per heavy atom. The third kappa shape index (κ3) is 2.97. The lowest BCUT2D eigenvalue weighted by Gasteiger charge is -2.21. The fourth-order valence-electron chi connectivity index (χ4n) is 1.43. The van der Waals surface area contributed by atoms with Crippen molar-refractivity contribution in [3.8, 4) is 0 Å². The van der Waals surface area contributed by atoms with Gasteiger partial charge in [-0.25, -0.2) is 0 Å². The van der Waals surface area contributed by atoms with Crippen LogP contribution in [0.2, 0.25) is 0 Å². The lowest BCUT2D eigenvalue weighted by Crippen LogP contribution is -2.36. The van der Waals surface area contributed by atoms with Gasteiger partial charge in [0.2, 0.25) is 0 Å². The summed E-state index contributed by atoms with van der Waals surface area (Å²) in [6.07, 6.45) is 1.16. The molecular formula is C9H17NO3. The zero-order valence-corrected chi connectivity index (χ0v) is 8.19. The van der Waals surface area contributed by atoms with Gasteiger partial charge in [-0.3, -0.25) is 9.69 Å². The van der Waals surface area contributed by atoms with Gasteiger partial charge in [-0.05, 0) is 20.4 Å². The molecule has 1 saturated heterocycles. The molecule has 0 aliphatic carbocycles. The molecule has 1 N–H and O–H groups in total. The number of carbonyl (C=O) groups excluding carboxylic acids is 1. The zero-order valence-electron chi connectivity index (χ0n) is 8.19. The van der Waals surface area contributed by atoms with Crippen LogP contribution in [0.1, 0.15) is 19.8 Å². The third-order valence-corrected chi connectivity index (χ3v) is 2.34. The van der Waals surface area contributed by atoms with E-state index >= 15 is 0 Å². The molecule has 2 unspecified atom stereocenters. The molecule has 1 rings (SSSR count). The lowest BCUT2D eigenvalue weighted by molar-refractivity contribution is -0.142. The summed E-state index contributed by atoms with van der Waals surface area (Å²) in [4.78, 5) is 13.1. The highest BCUT2D eigenvalue weighted by Gasteiger charge is 2.29. The van der Waals surface area contributed by atoms with E-state index in [1.807, 2.05) is 11.9 Å². The Hall–Kier alpha value is -0.610. The standard InChI is InChI=1S/C9H17NO3/c1-7(11)3-5-10(2)8-4-6-13-9(8)12/h7-8,11H,3-6H2,1-2H3. The highest BCUT2D eigenvalue weighted by atomic mass is 16.5. The predicted octanol–water partition coefficient (Wildman–Crippen LogP) is 0.00460. The van der Waals surface area contributed by atoms with Gasteiger partial charge in [-0.15, -0.1) is 0 Å². The molecule has 1 fully saturated rings. The van der Waals surface area contributed by atoms with Crippen molar-refractivity contribution >= 4 is 5.97 Å². The van der Waals surface area contributed by atoms with Gasteiger partial charge < -0.3 is 9.84 Å². The number of hydrogen-bond donors (Lipinski definition) is 1. The maximum absolute atomic E-state index is 11.1. The van der Waals surface area contributed by atoms with Crippen molar-refractivity contribution < 1.29 is 14.6 Å². The Labute approximate surface area is 78.5 Å². The van der Waals surface area contributed by atoms with Crippen LogP contribution in [0.3, 0.4) is 0 Å². The number of likely N-dealkylation sites (N-methyl/N-ethyl adjacent to an activating group) is 1. The minimum Gasteiger partial charge on any atom is -0.464 e. The number of ether oxygens (including phenoxy) is 1. The van der Waals surface area contributed by atoms with Crippen molar-refractivity contribution in [2.45, 2.75) is 31.9 Å². The van der Waals surface area contributed by atoms with Crippen molar-refractivity contribution in [1.82, 2.24) is 4.90 Å². The number of esters is 1. The summed E-state index contributed by atoms with van der Waals surface area (Å²) in [5, 5.41) is 9.07. The van der Waals surface area contributed by atoms with E-state index in [1.54, 1.807) is 6.92 Å². The van der Waals surface area contributed by atoms with E-state index in [-0.39, 0.29) is 18.1 Å². The predicted molar refractivity (Wildman–Crippen MR) is 48.3 cm³/mol. The molecule has 76 valence electrons. The Bertz CT molecular complexity index is 182. The number of nitrogens with zero attached hydrogens (tertiary/aromatic N) is 1. The Kier molecular flexibility index (Phi) is 3.69. The Balaban J connectivity index is 2.30. The van der Waals surface area contributed by atoms with Crippen molar-refractivity contribution in [3.05, 3.63) is 0 Å². The third-order valence-electron chi connectivity index (χ3n) is 2.34. The first-order valence-electron chi connectivity index (χ1n) is 4.66. The first-order valence-corrected chi connectivity index (χ1v) is 4.66. The first kappa shape index (κ1) is 10.5. The van der Waals surface area contributed by atoms with E-state index < -0.39 is 0 Å². The smallest absolute Gasteiger partial charge is 0.323 e. The van der Waals surface area contributed by atoms with E-state index in [0.29, 0.717) is 13.0 Å². The molecule has 0 amide bonds. The minimum absolute atomic E-state index is 0.0984. The summed E-state index contributed by atoms with van der Waals surface area (Å²) in [7, 11) is 1.89. The molecule has 0 aromatic rings. The average molecular weight is 187 g/mol. The van der Waals surface area contributed by atoms with Crippen LogP contribution in [0.5, 0.6) is 0 Å². The van der Waals surface area contributed by atoms with Gasteiger partial charge in [0.05, 0.1) is 12.7 Å². The quantitative estimate of drug-likeness (QED) is 0.630. The van der Waals surface area contributed by atoms with Gasteiger partial charge >= 0.3 is 5.97 Å². The second-order valence-electron chi connectivity index (χ2n) is 3.59. The van der Waals surface area contributed by atoms with E-state index in [2.05, 4.69) is 0 Å². The highest BCUT2D eigenvalue weighted by molar-refractivity contribution is 5.77. The molecule has 0 aromatic heterocycles. The number of rotatable bonds is 4. The van der Waals surface area contributed by atoms with E-state index in [0.717, 1.165) is 13.0 Å². The minimum atomic E-state index is -0.306. The van der Waals surface area contributed by atoms with Gasteiger partial charge in [0.1, 0.15) is 6.04 Å². The molecular weight excluding hydrogens is 170 g/mol. The van der Waals surface area contributed by atoms with Crippen LogP contribution < -0.4 is 0 Å². The number of aliphatic hydroxyl groups is 1. The topological polar surface area (TPSA) is 49.8 Å². The first-order chi connectivity index (χ1) is 6.11. The molecule has 0 aromatic carbocycles. The summed E-state index contributed by atoms with van der Waals surface area (Å²) in [6, 6.07) is -0.0984. The Morgan fingerprint density at radius 2 is 2.46 bits per heavy atom. The second kappa shape index (κ2) is 4.58. The number of carbonyl (C=O) groups is 1. The van der Waals surface area contributed by atoms with Crippen LogP contribution in [-0.2, 0) is 9.53 Å². The van der Waals surface area contributed by atoms with Gasteiger partial charge in [-0.1, -0.05) is 0 Å². The van der Waals surface area contributed by atoms with E-state index in [1.165, 1.54) is 0 Å². The highest BCUT2D eigenvalue weighted by Crippen LogP contribution is 2.12. The molecule has 13 heavy (non-hydrogen) atoms. The maximum Gasteiger partial charge on any atom is 0.323 e. The molecule has 4 heteroatoms. The molecule has 0 bridgehead atoms. The molecule has 1 aliphatic heterocycles. The molecule has 1 aliphatic rings. The summed E-state index contributed by atoms with van der Waals surface area (Å²) in [6.45, 7) is 3.01. The summed E-state index contributed by atoms with van der Waals surface area (Å²) in [5.74, 6) is -0.131. The van der Waals surface area contributed by atoms with E-state index in [9.17, 15) is 4.79 Å². The van der Waals surface area contributed by atoms with Crippen molar-refractivity contribution in [2.24, 2.45) is 0 Å². The SMILES string of the molecule is CC(O)CCN(C)C1CCOC1=O. The fraction of sp³-hybridized carbons (Fsp3) is 0.889. The van der Waals surface area contributed by atoms with Crippen LogP contribution in [0, 0.1) is 0 Å². The van der Waals surface area contributed by atoms with Crippen molar-refractivity contribution in [1.29, 1.82) is 0 Å². The van der Waals surface area contributed by atoms with Gasteiger partial charge in [0.25, 0.3) is 0 Å². The van der Waals surface area contributed by atoms with Crippen LogP contribution in [0.15, 0.2) is 0 Å². The fourth-order valence-corrected chi connectivity index (χ4v) is 1.43. The van der Waals surface area contributed by atoms with Gasteiger partial charge in [0.15, 0.2) is 0 Å².